The monoisotopic (exact) mass is 600 g/mol. The van der Waals surface area contributed by atoms with E-state index in [1.807, 2.05) is 21.6 Å². The van der Waals surface area contributed by atoms with Gasteiger partial charge in [0.05, 0.1) is 18.1 Å². The van der Waals surface area contributed by atoms with Crippen LogP contribution >= 0.6 is 24.0 Å². The second-order valence-corrected chi connectivity index (χ2v) is 10.5. The number of carboxylic acid groups (broad SMARTS) is 1. The van der Waals surface area contributed by atoms with Gasteiger partial charge in [0.15, 0.2) is 0 Å². The number of aliphatic carboxylic acids is 1. The number of aromatic nitrogens is 2. The zero-order chi connectivity index (χ0) is 27.7. The van der Waals surface area contributed by atoms with Crippen LogP contribution in [0.25, 0.3) is 11.0 Å². The summed E-state index contributed by atoms with van der Waals surface area (Å²) in [6, 6.07) is 8.03. The van der Waals surface area contributed by atoms with Gasteiger partial charge >= 0.3 is 12.3 Å². The molecule has 0 radical (unpaired) electrons. The van der Waals surface area contributed by atoms with Crippen molar-refractivity contribution in [2.75, 3.05) is 26.2 Å². The predicted octanol–water partition coefficient (Wildman–Crippen LogP) is 5.13. The zero-order valence-electron chi connectivity index (χ0n) is 21.5. The molecule has 0 aliphatic carbocycles. The van der Waals surface area contributed by atoms with Gasteiger partial charge in [-0.1, -0.05) is 17.7 Å². The zero-order valence-corrected chi connectivity index (χ0v) is 23.1. The number of benzene rings is 1. The number of carboxylic acids is 1. The van der Waals surface area contributed by atoms with Crippen LogP contribution in [0, 0.1) is 5.92 Å². The highest BCUT2D eigenvalue weighted by atomic mass is 35.5. The summed E-state index contributed by atoms with van der Waals surface area (Å²) in [5.74, 6) is -1.09. The first-order chi connectivity index (χ1) is 18.6. The summed E-state index contributed by atoms with van der Waals surface area (Å²) in [5.41, 5.74) is 3.46. The van der Waals surface area contributed by atoms with Crippen LogP contribution in [-0.4, -0.2) is 68.9 Å². The minimum absolute atomic E-state index is 0. The predicted molar refractivity (Wildman–Crippen MR) is 145 cm³/mol. The number of pyridine rings is 1. The van der Waals surface area contributed by atoms with E-state index in [0.717, 1.165) is 35.1 Å². The molecule has 4 heterocycles. The van der Waals surface area contributed by atoms with Gasteiger partial charge in [0.2, 0.25) is 5.91 Å². The van der Waals surface area contributed by atoms with Crippen molar-refractivity contribution in [1.29, 1.82) is 0 Å². The van der Waals surface area contributed by atoms with Crippen LogP contribution in [0.2, 0.25) is 5.02 Å². The first-order valence-electron chi connectivity index (χ1n) is 12.8. The lowest BCUT2D eigenvalue weighted by Crippen LogP contribution is -2.45. The number of fused-ring (bicyclic) bond motifs is 3. The Morgan fingerprint density at radius 1 is 1.15 bits per heavy atom. The maximum Gasteiger partial charge on any atom is 0.573 e. The summed E-state index contributed by atoms with van der Waals surface area (Å²) in [7, 11) is 0. The number of hydrogen-bond donors (Lipinski definition) is 1. The molecule has 1 aromatic carbocycles. The van der Waals surface area contributed by atoms with E-state index in [2.05, 4.69) is 14.6 Å². The molecular weight excluding hydrogens is 572 g/mol. The number of rotatable bonds is 7. The van der Waals surface area contributed by atoms with Crippen LogP contribution in [0.4, 0.5) is 13.2 Å². The molecule has 40 heavy (non-hydrogen) atoms. The molecule has 5 rings (SSSR count). The molecule has 1 amide bonds. The minimum atomic E-state index is -4.84. The van der Waals surface area contributed by atoms with Crippen molar-refractivity contribution in [1.82, 2.24) is 19.4 Å². The molecule has 0 bridgehead atoms. The Bertz CT molecular complexity index is 1390. The molecule has 8 nitrogen and oxygen atoms in total. The molecule has 0 atom stereocenters. The summed E-state index contributed by atoms with van der Waals surface area (Å²) in [6.45, 7) is 2.95. The molecule has 1 fully saturated rings. The smallest absolute Gasteiger partial charge is 0.481 e. The lowest BCUT2D eigenvalue weighted by molar-refractivity contribution is -0.274. The highest BCUT2D eigenvalue weighted by molar-refractivity contribution is 6.32. The summed E-state index contributed by atoms with van der Waals surface area (Å²) in [4.78, 5) is 32.7. The normalized spacial score (nSPS) is 16.4. The number of ether oxygens (including phenoxy) is 1. The molecule has 0 saturated carbocycles. The topological polar surface area (TPSA) is 87.9 Å². The Hall–Kier alpha value is -3.02. The average molecular weight is 601 g/mol. The summed E-state index contributed by atoms with van der Waals surface area (Å²) in [6.07, 6.45) is -0.795. The van der Waals surface area contributed by atoms with Gasteiger partial charge in [-0.3, -0.25) is 14.5 Å². The third-order valence-corrected chi connectivity index (χ3v) is 7.75. The first-order valence-corrected chi connectivity index (χ1v) is 13.2. The largest absolute Gasteiger partial charge is 0.573 e. The number of carbonyl (C=O) groups excluding carboxylic acids is 1. The molecule has 2 aliphatic rings. The van der Waals surface area contributed by atoms with E-state index >= 15 is 0 Å². The van der Waals surface area contributed by atoms with Gasteiger partial charge in [0.25, 0.3) is 0 Å². The van der Waals surface area contributed by atoms with Crippen LogP contribution in [0.5, 0.6) is 5.75 Å². The molecule has 1 N–H and O–H groups in total. The maximum atomic E-state index is 13.3. The minimum Gasteiger partial charge on any atom is -0.481 e. The summed E-state index contributed by atoms with van der Waals surface area (Å²) in [5, 5.41) is 9.87. The number of halogens is 5. The van der Waals surface area contributed by atoms with Crippen LogP contribution < -0.4 is 4.74 Å². The van der Waals surface area contributed by atoms with Gasteiger partial charge in [-0.2, -0.15) is 0 Å². The average Bonchev–Trinajstić information content (AvgIpc) is 3.19. The second kappa shape index (κ2) is 12.2. The highest BCUT2D eigenvalue weighted by Gasteiger charge is 2.32. The van der Waals surface area contributed by atoms with Crippen molar-refractivity contribution in [3.05, 3.63) is 58.4 Å². The molecule has 216 valence electrons. The van der Waals surface area contributed by atoms with Gasteiger partial charge < -0.3 is 19.3 Å². The van der Waals surface area contributed by atoms with E-state index in [9.17, 15) is 22.8 Å². The Kier molecular flexibility index (Phi) is 9.16. The van der Waals surface area contributed by atoms with Crippen LogP contribution in [-0.2, 0) is 29.1 Å². The third-order valence-electron chi connectivity index (χ3n) is 7.46. The third kappa shape index (κ3) is 6.82. The molecule has 0 spiro atoms. The molecular formula is C27H29Cl2F3N4O4. The number of amides is 1. The fourth-order valence-electron chi connectivity index (χ4n) is 5.56. The van der Waals surface area contributed by atoms with Crippen LogP contribution in [0.3, 0.4) is 0 Å². The van der Waals surface area contributed by atoms with E-state index in [0.29, 0.717) is 44.7 Å². The van der Waals surface area contributed by atoms with Crippen LogP contribution in [0.15, 0.2) is 36.5 Å². The fraction of sp³-hybridized carbons (Fsp3) is 0.444. The number of nitrogens with zero attached hydrogens (tertiary/aromatic N) is 4. The van der Waals surface area contributed by atoms with E-state index in [4.69, 9.17) is 16.7 Å². The van der Waals surface area contributed by atoms with Crippen molar-refractivity contribution >= 4 is 46.9 Å². The molecule has 2 aromatic heterocycles. The molecule has 1 saturated heterocycles. The van der Waals surface area contributed by atoms with E-state index in [1.54, 1.807) is 6.20 Å². The van der Waals surface area contributed by atoms with Gasteiger partial charge in [-0.05, 0) is 73.7 Å². The fourth-order valence-corrected chi connectivity index (χ4v) is 5.80. The van der Waals surface area contributed by atoms with Crippen molar-refractivity contribution in [3.63, 3.8) is 0 Å². The quantitative estimate of drug-likeness (QED) is 0.404. The van der Waals surface area contributed by atoms with Gasteiger partial charge in [-0.25, -0.2) is 4.98 Å². The Balaban J connectivity index is 0.00000370. The Morgan fingerprint density at radius 3 is 2.58 bits per heavy atom. The summed E-state index contributed by atoms with van der Waals surface area (Å²) >= 11 is 6.09. The van der Waals surface area contributed by atoms with E-state index < -0.39 is 18.1 Å². The van der Waals surface area contributed by atoms with Gasteiger partial charge in [0, 0.05) is 36.8 Å². The lowest BCUT2D eigenvalue weighted by Gasteiger charge is -2.34. The van der Waals surface area contributed by atoms with Crippen molar-refractivity contribution in [3.8, 4) is 5.75 Å². The van der Waals surface area contributed by atoms with Gasteiger partial charge in [-0.15, -0.1) is 25.6 Å². The van der Waals surface area contributed by atoms with Gasteiger partial charge in [0.1, 0.15) is 11.4 Å². The van der Waals surface area contributed by atoms with Crippen molar-refractivity contribution in [2.24, 2.45) is 5.92 Å². The molecule has 13 heteroatoms. The molecule has 0 unspecified atom stereocenters. The highest BCUT2D eigenvalue weighted by Crippen LogP contribution is 2.34. The van der Waals surface area contributed by atoms with Crippen LogP contribution in [0.1, 0.15) is 36.1 Å². The standard InChI is InChI=1S/C27H28ClF3N4O4.ClH/c28-21-12-18(3-4-23(21)39-27(29,30)31)14-35-22-15-34(11-7-19(22)20-2-1-8-32-26(20)35)24(36)16-33-9-5-17(6-10-33)13-25(37)38;/h1-4,8,12,17H,5-7,9-11,13-16H2,(H,37,38);1H. The maximum absolute atomic E-state index is 13.3. The number of alkyl halides is 3. The van der Waals surface area contributed by atoms with Crippen molar-refractivity contribution < 1.29 is 32.6 Å². The number of carbonyl (C=O) groups is 2. The SMILES string of the molecule is Cl.O=C(O)CC1CCN(CC(=O)N2CCc3c(n(Cc4ccc(OC(F)(F)F)c(Cl)c4)c4ncccc34)C2)CC1. The number of likely N-dealkylation sites (tertiary alicyclic amines) is 1. The van der Waals surface area contributed by atoms with E-state index in [-0.39, 0.29) is 42.2 Å². The lowest BCUT2D eigenvalue weighted by atomic mass is 9.93. The molecule has 3 aromatic rings. The first kappa shape index (κ1) is 30.0. The van der Waals surface area contributed by atoms with E-state index in [1.165, 1.54) is 18.2 Å². The summed E-state index contributed by atoms with van der Waals surface area (Å²) < 4.78 is 43.9. The second-order valence-electron chi connectivity index (χ2n) is 10.1. The Morgan fingerprint density at radius 2 is 1.90 bits per heavy atom. The number of hydrogen-bond acceptors (Lipinski definition) is 5. The Labute approximate surface area is 240 Å². The van der Waals surface area contributed by atoms with Crippen molar-refractivity contribution in [2.45, 2.75) is 45.1 Å². The number of piperidine rings is 1. The molecule has 2 aliphatic heterocycles.